The summed E-state index contributed by atoms with van der Waals surface area (Å²) in [6.45, 7) is 2.36. The zero-order valence-electron chi connectivity index (χ0n) is 18.1. The maximum absolute atomic E-state index is 13.1. The second-order valence-electron chi connectivity index (χ2n) is 8.19. The first-order valence-electron chi connectivity index (χ1n) is 10.6. The molecule has 0 aliphatic heterocycles. The van der Waals surface area contributed by atoms with Crippen molar-refractivity contribution in [2.75, 3.05) is 6.54 Å². The van der Waals surface area contributed by atoms with E-state index in [0.29, 0.717) is 13.0 Å². The van der Waals surface area contributed by atoms with E-state index in [1.165, 1.54) is 12.3 Å². The quantitative estimate of drug-likeness (QED) is 0.535. The molecule has 1 fully saturated rings. The van der Waals surface area contributed by atoms with Crippen molar-refractivity contribution in [1.82, 2.24) is 25.3 Å². The Kier molecular flexibility index (Phi) is 6.71. The van der Waals surface area contributed by atoms with Gasteiger partial charge in [-0.1, -0.05) is 6.92 Å². The standard InChI is InChI=1S/C23H21F4N5O2/c1-13-7-14(8-18(13)34-19-5-4-15(10-29-19)23(25,26)27)9-32-22(33)17-3-2-6-28-20(17)21-30-11-16(24)12-31-21/h2-6,10-14,18H,7-9H2,1H3,(H,32,33). The zero-order valence-corrected chi connectivity index (χ0v) is 18.1. The van der Waals surface area contributed by atoms with Gasteiger partial charge < -0.3 is 10.1 Å². The molecule has 11 heteroatoms. The second-order valence-corrected chi connectivity index (χ2v) is 8.19. The third kappa shape index (κ3) is 5.46. The molecule has 3 aromatic rings. The highest BCUT2D eigenvalue weighted by Gasteiger charge is 2.34. The number of ether oxygens (including phenoxy) is 1. The highest BCUT2D eigenvalue weighted by molar-refractivity contribution is 5.99. The van der Waals surface area contributed by atoms with E-state index in [1.807, 2.05) is 6.92 Å². The first-order valence-corrected chi connectivity index (χ1v) is 10.6. The van der Waals surface area contributed by atoms with Crippen molar-refractivity contribution in [1.29, 1.82) is 0 Å². The fourth-order valence-corrected chi connectivity index (χ4v) is 3.97. The molecule has 1 aliphatic carbocycles. The number of rotatable bonds is 6. The van der Waals surface area contributed by atoms with Gasteiger partial charge in [-0.2, -0.15) is 13.2 Å². The van der Waals surface area contributed by atoms with Crippen LogP contribution in [0.15, 0.2) is 49.1 Å². The molecular formula is C23H21F4N5O2. The number of nitrogens with zero attached hydrogens (tertiary/aromatic N) is 4. The predicted molar refractivity (Wildman–Crippen MR) is 113 cm³/mol. The monoisotopic (exact) mass is 475 g/mol. The minimum Gasteiger partial charge on any atom is -0.474 e. The van der Waals surface area contributed by atoms with E-state index < -0.39 is 17.6 Å². The Bertz CT molecular complexity index is 1140. The highest BCUT2D eigenvalue weighted by Crippen LogP contribution is 2.34. The maximum atomic E-state index is 13.1. The van der Waals surface area contributed by atoms with Crippen LogP contribution in [0.5, 0.6) is 5.88 Å². The lowest BCUT2D eigenvalue weighted by Crippen LogP contribution is -2.29. The minimum atomic E-state index is -4.45. The molecule has 1 N–H and O–H groups in total. The summed E-state index contributed by atoms with van der Waals surface area (Å²) in [5.41, 5.74) is -0.322. The van der Waals surface area contributed by atoms with Crippen LogP contribution in [0, 0.1) is 17.7 Å². The lowest BCUT2D eigenvalue weighted by atomic mass is 10.1. The molecule has 0 spiro atoms. The molecule has 0 bridgehead atoms. The van der Waals surface area contributed by atoms with Gasteiger partial charge >= 0.3 is 6.18 Å². The first-order chi connectivity index (χ1) is 16.2. The third-order valence-electron chi connectivity index (χ3n) is 5.68. The smallest absolute Gasteiger partial charge is 0.417 e. The van der Waals surface area contributed by atoms with Crippen LogP contribution in [0.3, 0.4) is 0 Å². The Morgan fingerprint density at radius 1 is 1.09 bits per heavy atom. The average molecular weight is 475 g/mol. The summed E-state index contributed by atoms with van der Waals surface area (Å²) < 4.78 is 57.1. The summed E-state index contributed by atoms with van der Waals surface area (Å²) in [5, 5.41) is 2.89. The van der Waals surface area contributed by atoms with Crippen LogP contribution in [-0.4, -0.2) is 38.5 Å². The van der Waals surface area contributed by atoms with Crippen molar-refractivity contribution in [3.63, 3.8) is 0 Å². The largest absolute Gasteiger partial charge is 0.474 e. The van der Waals surface area contributed by atoms with Crippen molar-refractivity contribution in [2.45, 2.75) is 32.0 Å². The second kappa shape index (κ2) is 9.70. The fourth-order valence-electron chi connectivity index (χ4n) is 3.97. The number of carbonyl (C=O) groups is 1. The van der Waals surface area contributed by atoms with Crippen molar-refractivity contribution in [2.24, 2.45) is 11.8 Å². The molecule has 1 amide bonds. The first kappa shape index (κ1) is 23.5. The van der Waals surface area contributed by atoms with Gasteiger partial charge in [0.05, 0.1) is 23.5 Å². The number of halogens is 4. The third-order valence-corrected chi connectivity index (χ3v) is 5.68. The van der Waals surface area contributed by atoms with Gasteiger partial charge in [0.1, 0.15) is 11.8 Å². The summed E-state index contributed by atoms with van der Waals surface area (Å²) in [5.74, 6) is -0.442. The van der Waals surface area contributed by atoms with Crippen LogP contribution >= 0.6 is 0 Å². The van der Waals surface area contributed by atoms with Crippen molar-refractivity contribution < 1.29 is 27.1 Å². The Morgan fingerprint density at radius 3 is 2.53 bits per heavy atom. The number of pyridine rings is 2. The van der Waals surface area contributed by atoms with Crippen molar-refractivity contribution in [3.05, 3.63) is 66.0 Å². The number of hydrogen-bond donors (Lipinski definition) is 1. The van der Waals surface area contributed by atoms with E-state index >= 15 is 0 Å². The van der Waals surface area contributed by atoms with E-state index in [4.69, 9.17) is 4.74 Å². The molecule has 3 heterocycles. The molecule has 4 rings (SSSR count). The SMILES string of the molecule is CC1CC(CNC(=O)c2cccnc2-c2ncc(F)cn2)CC1Oc1ccc(C(F)(F)F)cn1. The summed E-state index contributed by atoms with van der Waals surface area (Å²) in [4.78, 5) is 28.5. The van der Waals surface area contributed by atoms with Gasteiger partial charge in [0.15, 0.2) is 11.6 Å². The minimum absolute atomic E-state index is 0.112. The van der Waals surface area contributed by atoms with Crippen LogP contribution in [0.25, 0.3) is 11.5 Å². The Morgan fingerprint density at radius 2 is 1.85 bits per heavy atom. The lowest BCUT2D eigenvalue weighted by Gasteiger charge is -2.17. The molecule has 3 atom stereocenters. The molecule has 178 valence electrons. The van der Waals surface area contributed by atoms with Crippen LogP contribution in [0.1, 0.15) is 35.7 Å². The number of hydrogen-bond acceptors (Lipinski definition) is 6. The summed E-state index contributed by atoms with van der Waals surface area (Å²) in [6, 6.07) is 5.35. The van der Waals surface area contributed by atoms with E-state index in [1.54, 1.807) is 12.1 Å². The molecule has 0 saturated heterocycles. The number of aromatic nitrogens is 4. The average Bonchev–Trinajstić information content (AvgIpc) is 3.16. The highest BCUT2D eigenvalue weighted by atomic mass is 19.4. The van der Waals surface area contributed by atoms with Crippen LogP contribution in [-0.2, 0) is 6.18 Å². The van der Waals surface area contributed by atoms with Crippen LogP contribution in [0.2, 0.25) is 0 Å². The van der Waals surface area contributed by atoms with E-state index in [2.05, 4.69) is 25.3 Å². The number of nitrogens with one attached hydrogen (secondary N) is 1. The summed E-state index contributed by atoms with van der Waals surface area (Å²) in [7, 11) is 0. The maximum Gasteiger partial charge on any atom is 0.417 e. The molecule has 34 heavy (non-hydrogen) atoms. The summed E-state index contributed by atoms with van der Waals surface area (Å²) >= 11 is 0. The lowest BCUT2D eigenvalue weighted by molar-refractivity contribution is -0.137. The summed E-state index contributed by atoms with van der Waals surface area (Å²) in [6.07, 6.45) is 0.962. The normalized spacial score (nSPS) is 20.2. The van der Waals surface area contributed by atoms with Gasteiger partial charge in [-0.3, -0.25) is 9.78 Å². The van der Waals surface area contributed by atoms with Crippen molar-refractivity contribution >= 4 is 5.91 Å². The number of amides is 1. The molecule has 1 saturated carbocycles. The Hall–Kier alpha value is -3.63. The molecule has 0 aromatic carbocycles. The van der Waals surface area contributed by atoms with E-state index in [9.17, 15) is 22.4 Å². The Balaban J connectivity index is 1.35. The van der Waals surface area contributed by atoms with E-state index in [-0.39, 0.29) is 46.8 Å². The predicted octanol–water partition coefficient (Wildman–Crippen LogP) is 4.32. The van der Waals surface area contributed by atoms with Crippen LogP contribution < -0.4 is 10.1 Å². The zero-order chi connectivity index (χ0) is 24.3. The molecule has 1 aliphatic rings. The molecule has 0 radical (unpaired) electrons. The van der Waals surface area contributed by atoms with Gasteiger partial charge in [-0.25, -0.2) is 19.3 Å². The van der Waals surface area contributed by atoms with Crippen molar-refractivity contribution in [3.8, 4) is 17.4 Å². The van der Waals surface area contributed by atoms with Gasteiger partial charge in [-0.05, 0) is 42.9 Å². The Labute approximate surface area is 192 Å². The fraction of sp³-hybridized carbons (Fsp3) is 0.348. The topological polar surface area (TPSA) is 89.9 Å². The van der Waals surface area contributed by atoms with E-state index in [0.717, 1.165) is 31.1 Å². The molecule has 3 aromatic heterocycles. The molecule has 7 nitrogen and oxygen atoms in total. The molecule has 3 unspecified atom stereocenters. The van der Waals surface area contributed by atoms with Crippen LogP contribution in [0.4, 0.5) is 17.6 Å². The van der Waals surface area contributed by atoms with Gasteiger partial charge in [0.2, 0.25) is 5.88 Å². The number of alkyl halides is 3. The van der Waals surface area contributed by atoms with Gasteiger partial charge in [0, 0.05) is 25.0 Å². The van der Waals surface area contributed by atoms with Gasteiger partial charge in [-0.15, -0.1) is 0 Å². The van der Waals surface area contributed by atoms with Gasteiger partial charge in [0.25, 0.3) is 5.91 Å². The number of carbonyl (C=O) groups excluding carboxylic acids is 1. The molecular weight excluding hydrogens is 454 g/mol.